The van der Waals surface area contributed by atoms with Crippen LogP contribution in [0.2, 0.25) is 5.28 Å². The van der Waals surface area contributed by atoms with E-state index in [2.05, 4.69) is 26.8 Å². The summed E-state index contributed by atoms with van der Waals surface area (Å²) in [5.41, 5.74) is 0.487. The second kappa shape index (κ2) is 11.5. The Bertz CT molecular complexity index is 1510. The number of anilines is 2. The molecule has 1 aliphatic carbocycles. The van der Waals surface area contributed by atoms with Crippen molar-refractivity contribution in [3.63, 3.8) is 0 Å². The van der Waals surface area contributed by atoms with Crippen LogP contribution in [0.3, 0.4) is 0 Å². The molecule has 1 saturated carbocycles. The van der Waals surface area contributed by atoms with Crippen LogP contribution in [0.5, 0.6) is 0 Å². The van der Waals surface area contributed by atoms with Crippen LogP contribution >= 0.6 is 11.6 Å². The van der Waals surface area contributed by atoms with E-state index in [-0.39, 0.29) is 12.0 Å². The number of ether oxygens (including phenoxy) is 3. The molecule has 43 heavy (non-hydrogen) atoms. The van der Waals surface area contributed by atoms with Gasteiger partial charge in [0.05, 0.1) is 30.5 Å². The molecule has 14 heteroatoms. The average molecular weight is 615 g/mol. The van der Waals surface area contributed by atoms with E-state index in [1.165, 1.54) is 6.20 Å². The molecular formula is C29H39ClN8O5. The van der Waals surface area contributed by atoms with Gasteiger partial charge in [-0.2, -0.15) is 0 Å². The van der Waals surface area contributed by atoms with Crippen LogP contribution in [0, 0.1) is 12.8 Å². The van der Waals surface area contributed by atoms with Crippen molar-refractivity contribution >= 4 is 46.7 Å². The molecule has 1 atom stereocenters. The normalized spacial score (nSPS) is 17.7. The molecular weight excluding hydrogens is 576 g/mol. The monoisotopic (exact) mass is 614 g/mol. The van der Waals surface area contributed by atoms with Crippen LogP contribution in [-0.2, 0) is 20.8 Å². The molecule has 1 aliphatic heterocycles. The van der Waals surface area contributed by atoms with Crippen LogP contribution in [0.1, 0.15) is 67.0 Å². The van der Waals surface area contributed by atoms with Crippen molar-refractivity contribution < 1.29 is 23.8 Å². The highest BCUT2D eigenvalue weighted by molar-refractivity contribution is 6.29. The predicted octanol–water partition coefficient (Wildman–Crippen LogP) is 5.56. The van der Waals surface area contributed by atoms with E-state index in [9.17, 15) is 9.59 Å². The Hall–Kier alpha value is -3.58. The van der Waals surface area contributed by atoms with E-state index in [0.717, 1.165) is 19.4 Å². The smallest absolute Gasteiger partial charge is 0.427 e. The molecule has 0 unspecified atom stereocenters. The van der Waals surface area contributed by atoms with Crippen LogP contribution in [-0.4, -0.2) is 78.7 Å². The molecule has 1 saturated heterocycles. The molecule has 13 nitrogen and oxygen atoms in total. The molecule has 2 amide bonds. The maximum atomic E-state index is 13.1. The molecule has 2 aliphatic rings. The minimum Gasteiger partial charge on any atom is -0.443 e. The Morgan fingerprint density at radius 1 is 1.05 bits per heavy atom. The number of hydrogen-bond acceptors (Lipinski definition) is 11. The number of morpholine rings is 1. The number of rotatable bonds is 5. The number of imide groups is 1. The van der Waals surface area contributed by atoms with E-state index in [0.29, 0.717) is 69.9 Å². The number of aryl methyl sites for hydroxylation is 1. The van der Waals surface area contributed by atoms with Gasteiger partial charge >= 0.3 is 12.2 Å². The fourth-order valence-corrected chi connectivity index (χ4v) is 4.91. The molecule has 0 N–H and O–H groups in total. The van der Waals surface area contributed by atoms with Crippen LogP contribution in [0.4, 0.5) is 21.4 Å². The van der Waals surface area contributed by atoms with E-state index in [1.54, 1.807) is 48.5 Å². The number of nitrogens with zero attached hydrogens (tertiary/aromatic N) is 8. The van der Waals surface area contributed by atoms with Crippen molar-refractivity contribution in [3.05, 3.63) is 17.2 Å². The molecule has 0 spiro atoms. The van der Waals surface area contributed by atoms with Crippen molar-refractivity contribution in [1.29, 1.82) is 0 Å². The van der Waals surface area contributed by atoms with Gasteiger partial charge in [-0.1, -0.05) is 0 Å². The largest absolute Gasteiger partial charge is 0.443 e. The number of carbonyl (C=O) groups is 2. The maximum absolute atomic E-state index is 13.1. The summed E-state index contributed by atoms with van der Waals surface area (Å²) in [7, 11) is 0. The van der Waals surface area contributed by atoms with Gasteiger partial charge in [0.25, 0.3) is 0 Å². The van der Waals surface area contributed by atoms with Gasteiger partial charge < -0.3 is 19.1 Å². The first-order valence-corrected chi connectivity index (χ1v) is 14.9. The van der Waals surface area contributed by atoms with Gasteiger partial charge in [-0.3, -0.25) is 4.57 Å². The molecule has 232 valence electrons. The summed E-state index contributed by atoms with van der Waals surface area (Å²) in [6, 6.07) is 0.0583. The number of fused-ring (bicyclic) bond motifs is 1. The molecule has 3 aromatic heterocycles. The van der Waals surface area contributed by atoms with Crippen molar-refractivity contribution in [3.8, 4) is 11.4 Å². The van der Waals surface area contributed by atoms with E-state index in [1.807, 2.05) is 4.57 Å². The lowest BCUT2D eigenvalue weighted by atomic mass is 10.2. The van der Waals surface area contributed by atoms with Gasteiger partial charge in [-0.15, -0.1) is 4.90 Å². The first-order valence-electron chi connectivity index (χ1n) is 14.5. The van der Waals surface area contributed by atoms with Gasteiger partial charge in [0.2, 0.25) is 11.2 Å². The second-order valence-corrected chi connectivity index (χ2v) is 13.4. The highest BCUT2D eigenvalue weighted by Gasteiger charge is 2.35. The highest BCUT2D eigenvalue weighted by atomic mass is 35.5. The summed E-state index contributed by atoms with van der Waals surface area (Å²) in [6.45, 7) is 16.5. The Morgan fingerprint density at radius 3 is 2.26 bits per heavy atom. The van der Waals surface area contributed by atoms with Crippen molar-refractivity contribution in [1.82, 2.24) is 29.5 Å². The summed E-state index contributed by atoms with van der Waals surface area (Å²) >= 11 is 6.65. The van der Waals surface area contributed by atoms with Gasteiger partial charge in [0, 0.05) is 19.3 Å². The van der Waals surface area contributed by atoms with Crippen LogP contribution < -0.4 is 9.80 Å². The van der Waals surface area contributed by atoms with Crippen LogP contribution in [0.25, 0.3) is 22.6 Å². The summed E-state index contributed by atoms with van der Waals surface area (Å²) in [4.78, 5) is 52.6. The van der Waals surface area contributed by atoms with Crippen LogP contribution in [0.15, 0.2) is 6.20 Å². The zero-order valence-corrected chi connectivity index (χ0v) is 26.7. The summed E-state index contributed by atoms with van der Waals surface area (Å²) in [5, 5.41) is 0.365. The Morgan fingerprint density at radius 2 is 1.70 bits per heavy atom. The first kappa shape index (κ1) is 30.9. The standard InChI is InChI=1S/C29H39ClN8O5/c1-16-15-41-12-11-36(16)22-20-23(37(24(30)33-20)14-18-9-10-18)35-21(34-22)19-13-31-25(32-17(19)2)38(26(39)42-28(3,4)5)27(40)43-29(6,7)8/h13,16,18H,9-12,14-15H2,1-8H3/t16-/m0/s1. The fraction of sp³-hybridized carbons (Fsp3) is 0.621. The molecule has 5 rings (SSSR count). The minimum absolute atomic E-state index is 0.0583. The third-order valence-corrected chi connectivity index (χ3v) is 7.16. The lowest BCUT2D eigenvalue weighted by Gasteiger charge is -2.34. The third-order valence-electron chi connectivity index (χ3n) is 6.87. The van der Waals surface area contributed by atoms with Gasteiger partial charge in [-0.05, 0) is 85.8 Å². The lowest BCUT2D eigenvalue weighted by molar-refractivity contribution is 0.0427. The van der Waals surface area contributed by atoms with Crippen molar-refractivity contribution in [2.24, 2.45) is 5.92 Å². The fourth-order valence-electron chi connectivity index (χ4n) is 4.68. The number of carbonyl (C=O) groups excluding carboxylic acids is 2. The first-order chi connectivity index (χ1) is 20.1. The Labute approximate surface area is 255 Å². The van der Waals surface area contributed by atoms with E-state index >= 15 is 0 Å². The summed E-state index contributed by atoms with van der Waals surface area (Å²) in [6.07, 6.45) is 1.88. The molecule has 0 radical (unpaired) electrons. The summed E-state index contributed by atoms with van der Waals surface area (Å²) < 4.78 is 18.6. The Balaban J connectivity index is 1.60. The zero-order valence-electron chi connectivity index (χ0n) is 26.0. The second-order valence-electron chi connectivity index (χ2n) is 13.1. The number of amides is 2. The average Bonchev–Trinajstić information content (AvgIpc) is 3.64. The minimum atomic E-state index is -0.950. The van der Waals surface area contributed by atoms with E-state index < -0.39 is 23.4 Å². The zero-order chi connectivity index (χ0) is 31.3. The highest BCUT2D eigenvalue weighted by Crippen LogP contribution is 2.36. The van der Waals surface area contributed by atoms with Gasteiger partial charge in [-0.25, -0.2) is 34.5 Å². The molecule has 0 aromatic carbocycles. The van der Waals surface area contributed by atoms with Gasteiger partial charge in [0.1, 0.15) is 11.2 Å². The molecule has 0 bridgehead atoms. The van der Waals surface area contributed by atoms with Gasteiger partial charge in [0.15, 0.2) is 22.8 Å². The molecule has 4 heterocycles. The predicted molar refractivity (Wildman–Crippen MR) is 161 cm³/mol. The van der Waals surface area contributed by atoms with Crippen molar-refractivity contribution in [2.45, 2.75) is 92.0 Å². The number of halogens is 1. The van der Waals surface area contributed by atoms with Crippen molar-refractivity contribution in [2.75, 3.05) is 29.6 Å². The number of imidazole rings is 1. The topological polar surface area (TPSA) is 138 Å². The molecule has 2 fully saturated rings. The Kier molecular flexibility index (Phi) is 8.25. The number of aromatic nitrogens is 6. The quantitative estimate of drug-likeness (QED) is 0.334. The maximum Gasteiger partial charge on any atom is 0.427 e. The SMILES string of the molecule is Cc1nc(N(C(=O)OC(C)(C)C)C(=O)OC(C)(C)C)ncc1-c1nc(N2CCOC[C@@H]2C)c2nc(Cl)n(CC3CC3)c2n1. The lowest BCUT2D eigenvalue weighted by Crippen LogP contribution is -2.44. The molecule has 3 aromatic rings. The number of hydrogen-bond donors (Lipinski definition) is 0. The summed E-state index contributed by atoms with van der Waals surface area (Å²) in [5.74, 6) is 1.38. The third kappa shape index (κ3) is 6.98. The van der Waals surface area contributed by atoms with E-state index in [4.69, 9.17) is 35.8 Å².